The smallest absolute Gasteiger partial charge is 0.307 e. The molecule has 7 nitrogen and oxygen atoms in total. The number of ether oxygens (including phenoxy) is 2. The lowest BCUT2D eigenvalue weighted by atomic mass is 9.73. The molecular formula is C23H33N3O4. The van der Waals surface area contributed by atoms with Crippen LogP contribution in [0.4, 0.5) is 0 Å². The van der Waals surface area contributed by atoms with Gasteiger partial charge in [-0.15, -0.1) is 0 Å². The van der Waals surface area contributed by atoms with E-state index < -0.39 is 12.0 Å². The maximum absolute atomic E-state index is 12.9. The summed E-state index contributed by atoms with van der Waals surface area (Å²) >= 11 is 0. The van der Waals surface area contributed by atoms with Gasteiger partial charge in [-0.05, 0) is 55.2 Å². The molecule has 1 aromatic rings. The van der Waals surface area contributed by atoms with E-state index in [1.165, 1.54) is 38.4 Å². The first-order valence-corrected chi connectivity index (χ1v) is 11.0. The third kappa shape index (κ3) is 4.18. The summed E-state index contributed by atoms with van der Waals surface area (Å²) in [5.74, 6) is 1.25. The van der Waals surface area contributed by atoms with Crippen LogP contribution in [0.3, 0.4) is 0 Å². The summed E-state index contributed by atoms with van der Waals surface area (Å²) in [6.45, 7) is 2.47. The van der Waals surface area contributed by atoms with Crippen LogP contribution in [0.2, 0.25) is 0 Å². The van der Waals surface area contributed by atoms with E-state index >= 15 is 0 Å². The fourth-order valence-corrected chi connectivity index (χ4v) is 5.76. The Balaban J connectivity index is 1.46. The van der Waals surface area contributed by atoms with Crippen molar-refractivity contribution in [3.63, 3.8) is 0 Å². The van der Waals surface area contributed by atoms with Gasteiger partial charge in [0, 0.05) is 31.7 Å². The van der Waals surface area contributed by atoms with Gasteiger partial charge in [0.25, 0.3) is 0 Å². The Morgan fingerprint density at radius 3 is 2.60 bits per heavy atom. The minimum Gasteiger partial charge on any atom is -0.497 e. The lowest BCUT2D eigenvalue weighted by Crippen LogP contribution is -2.61. The van der Waals surface area contributed by atoms with Crippen LogP contribution in [-0.2, 0) is 14.3 Å². The number of piperidine rings is 3. The number of nitrogens with zero attached hydrogens (tertiary/aromatic N) is 2. The zero-order valence-electron chi connectivity index (χ0n) is 18.0. The number of amides is 1. The minimum atomic E-state index is -0.814. The van der Waals surface area contributed by atoms with Crippen LogP contribution in [0.15, 0.2) is 24.3 Å². The molecule has 3 saturated heterocycles. The van der Waals surface area contributed by atoms with E-state index in [0.29, 0.717) is 23.9 Å². The molecule has 2 bridgehead atoms. The summed E-state index contributed by atoms with van der Waals surface area (Å²) < 4.78 is 9.99. The Bertz CT molecular complexity index is 768. The lowest BCUT2D eigenvalue weighted by molar-refractivity contribution is -0.147. The first kappa shape index (κ1) is 21.1. The normalized spacial score (nSPS) is 29.6. The van der Waals surface area contributed by atoms with Crippen molar-refractivity contribution in [3.8, 4) is 5.75 Å². The maximum Gasteiger partial charge on any atom is 0.307 e. The number of rotatable bonds is 5. The summed E-state index contributed by atoms with van der Waals surface area (Å²) in [5.41, 5.74) is 7.37. The summed E-state index contributed by atoms with van der Waals surface area (Å²) in [5, 5.41) is 0. The van der Waals surface area contributed by atoms with Gasteiger partial charge in [-0.2, -0.15) is 0 Å². The molecule has 3 heterocycles. The molecule has 7 heteroatoms. The van der Waals surface area contributed by atoms with Crippen molar-refractivity contribution >= 4 is 11.9 Å². The van der Waals surface area contributed by atoms with Crippen molar-refractivity contribution in [1.82, 2.24) is 9.80 Å². The van der Waals surface area contributed by atoms with Gasteiger partial charge in [-0.1, -0.05) is 12.1 Å². The fraction of sp³-hybridized carbons (Fsp3) is 0.652. The maximum atomic E-state index is 12.9. The molecule has 3 fully saturated rings. The number of methoxy groups -OCH3 is 2. The number of benzene rings is 1. The number of nitrogens with two attached hydrogens (primary N) is 1. The highest BCUT2D eigenvalue weighted by Gasteiger charge is 2.46. The van der Waals surface area contributed by atoms with E-state index in [0.717, 1.165) is 25.4 Å². The molecule has 0 aromatic heterocycles. The Labute approximate surface area is 178 Å². The van der Waals surface area contributed by atoms with Crippen LogP contribution in [-0.4, -0.2) is 67.6 Å². The number of carbonyl (C=O) groups excluding carboxylic acids is 2. The first-order chi connectivity index (χ1) is 14.5. The van der Waals surface area contributed by atoms with Crippen molar-refractivity contribution in [3.05, 3.63) is 29.8 Å². The molecule has 0 spiro atoms. The zero-order valence-corrected chi connectivity index (χ0v) is 18.0. The average Bonchev–Trinajstić information content (AvgIpc) is 2.78. The van der Waals surface area contributed by atoms with Gasteiger partial charge in [-0.3, -0.25) is 14.5 Å². The molecule has 2 N–H and O–H groups in total. The van der Waals surface area contributed by atoms with Gasteiger partial charge in [0.15, 0.2) is 0 Å². The highest BCUT2D eigenvalue weighted by molar-refractivity contribution is 5.86. The molecule has 0 saturated carbocycles. The second kappa shape index (κ2) is 8.94. The molecule has 30 heavy (non-hydrogen) atoms. The topological polar surface area (TPSA) is 85.1 Å². The predicted molar refractivity (Wildman–Crippen MR) is 113 cm³/mol. The van der Waals surface area contributed by atoms with Crippen LogP contribution in [0.5, 0.6) is 5.75 Å². The third-order valence-electron chi connectivity index (χ3n) is 7.13. The van der Waals surface area contributed by atoms with E-state index in [2.05, 4.69) is 21.8 Å². The highest BCUT2D eigenvalue weighted by atomic mass is 16.5. The molecule has 1 aromatic carbocycles. The zero-order chi connectivity index (χ0) is 21.3. The first-order valence-electron chi connectivity index (χ1n) is 11.0. The lowest BCUT2D eigenvalue weighted by Gasteiger charge is -2.55. The van der Waals surface area contributed by atoms with E-state index in [-0.39, 0.29) is 12.3 Å². The SMILES string of the molecule is COC(=O)C[C@H](N)C(=O)N1C[C@@H]2C[C@H](C1)[C@@H]1CCC[C@H](c3ccc(OC)cc3)N1C2. The molecule has 0 unspecified atom stereocenters. The number of likely N-dealkylation sites (tertiary alicyclic amines) is 1. The quantitative estimate of drug-likeness (QED) is 0.740. The van der Waals surface area contributed by atoms with Crippen LogP contribution in [0.1, 0.15) is 43.7 Å². The molecule has 164 valence electrons. The monoisotopic (exact) mass is 415 g/mol. The fourth-order valence-electron chi connectivity index (χ4n) is 5.76. The van der Waals surface area contributed by atoms with Crippen molar-refractivity contribution in [2.75, 3.05) is 33.9 Å². The Hall–Kier alpha value is -2.12. The molecular weight excluding hydrogens is 382 g/mol. The Kier molecular flexibility index (Phi) is 6.29. The Morgan fingerprint density at radius 2 is 1.90 bits per heavy atom. The highest BCUT2D eigenvalue weighted by Crippen LogP contribution is 2.44. The summed E-state index contributed by atoms with van der Waals surface area (Å²) in [6, 6.07) is 8.60. The van der Waals surface area contributed by atoms with E-state index in [1.54, 1.807) is 7.11 Å². The second-order valence-corrected chi connectivity index (χ2v) is 8.98. The van der Waals surface area contributed by atoms with E-state index in [4.69, 9.17) is 10.5 Å². The van der Waals surface area contributed by atoms with Crippen molar-refractivity contribution in [2.45, 2.75) is 50.2 Å². The van der Waals surface area contributed by atoms with Gasteiger partial charge in [0.1, 0.15) is 5.75 Å². The Morgan fingerprint density at radius 1 is 1.13 bits per heavy atom. The largest absolute Gasteiger partial charge is 0.497 e. The van der Waals surface area contributed by atoms with Crippen molar-refractivity contribution < 1.29 is 19.1 Å². The van der Waals surface area contributed by atoms with Crippen LogP contribution >= 0.6 is 0 Å². The summed E-state index contributed by atoms with van der Waals surface area (Å²) in [4.78, 5) is 29.0. The number of fused-ring (bicyclic) bond motifs is 4. The van der Waals surface area contributed by atoms with Crippen LogP contribution in [0.25, 0.3) is 0 Å². The molecule has 0 aliphatic carbocycles. The number of hydrogen-bond donors (Lipinski definition) is 1. The van der Waals surface area contributed by atoms with Crippen molar-refractivity contribution in [2.24, 2.45) is 17.6 Å². The van der Waals surface area contributed by atoms with E-state index in [9.17, 15) is 9.59 Å². The molecule has 3 aliphatic rings. The molecule has 1 amide bonds. The van der Waals surface area contributed by atoms with Gasteiger partial charge < -0.3 is 20.1 Å². The van der Waals surface area contributed by atoms with Crippen LogP contribution in [0, 0.1) is 11.8 Å². The number of esters is 1. The van der Waals surface area contributed by atoms with E-state index in [1.807, 2.05) is 17.0 Å². The number of hydrogen-bond acceptors (Lipinski definition) is 6. The summed E-state index contributed by atoms with van der Waals surface area (Å²) in [6.07, 6.45) is 4.67. The van der Waals surface area contributed by atoms with Crippen LogP contribution < -0.4 is 10.5 Å². The molecule has 4 rings (SSSR count). The van der Waals surface area contributed by atoms with Gasteiger partial charge in [-0.25, -0.2) is 0 Å². The number of carbonyl (C=O) groups is 2. The van der Waals surface area contributed by atoms with Gasteiger partial charge in [0.05, 0.1) is 26.7 Å². The van der Waals surface area contributed by atoms with Gasteiger partial charge >= 0.3 is 5.97 Å². The molecule has 0 radical (unpaired) electrons. The molecule has 5 atom stereocenters. The standard InChI is InChI=1S/C23H33N3O4/c1-29-18-8-6-16(7-9-18)20-4-3-5-21-17-10-15(13-26(20)21)12-25(14-17)23(28)19(24)11-22(27)30-2/h6-9,15,17,19-21H,3-5,10-14,24H2,1-2H3/t15-,17+,19-,20+,21-/m0/s1. The second-order valence-electron chi connectivity index (χ2n) is 8.98. The minimum absolute atomic E-state index is 0.0593. The molecule has 3 aliphatic heterocycles. The van der Waals surface area contributed by atoms with Crippen molar-refractivity contribution in [1.29, 1.82) is 0 Å². The predicted octanol–water partition coefficient (Wildman–Crippen LogP) is 1.96. The summed E-state index contributed by atoms with van der Waals surface area (Å²) in [7, 11) is 3.02. The average molecular weight is 416 g/mol. The van der Waals surface area contributed by atoms with Gasteiger partial charge in [0.2, 0.25) is 5.91 Å². The third-order valence-corrected chi connectivity index (χ3v) is 7.13.